The number of methoxy groups -OCH3 is 1. The third kappa shape index (κ3) is 3.26. The molecule has 0 heterocycles. The van der Waals surface area contributed by atoms with Crippen LogP contribution in [0.1, 0.15) is 19.4 Å². The van der Waals surface area contributed by atoms with Crippen LogP contribution in [-0.4, -0.2) is 18.3 Å². The molecule has 82 valence electrons. The maximum absolute atomic E-state index is 9.33. The number of aliphatic hydroxyl groups is 1. The van der Waals surface area contributed by atoms with Crippen molar-refractivity contribution < 1.29 is 9.84 Å². The Hall–Kier alpha value is -0.990. The second-order valence-corrected chi connectivity index (χ2v) is 3.87. The van der Waals surface area contributed by atoms with Crippen LogP contribution in [0.25, 0.3) is 6.08 Å². The molecule has 1 aromatic rings. The molecule has 1 aromatic carbocycles. The summed E-state index contributed by atoms with van der Waals surface area (Å²) in [6.45, 7) is 3.61. The fraction of sp³-hybridized carbons (Fsp3) is 0.333. The van der Waals surface area contributed by atoms with E-state index < -0.39 is 6.10 Å². The van der Waals surface area contributed by atoms with Gasteiger partial charge in [0.1, 0.15) is 5.75 Å². The Morgan fingerprint density at radius 3 is 2.67 bits per heavy atom. The molecule has 0 radical (unpaired) electrons. The predicted molar refractivity (Wildman–Crippen MR) is 63.3 cm³/mol. The van der Waals surface area contributed by atoms with Crippen molar-refractivity contribution in [2.75, 3.05) is 7.11 Å². The SMILES string of the molecule is COc1ccc(/C=C(/C)C(C)O)cc1Cl. The smallest absolute Gasteiger partial charge is 0.137 e. The van der Waals surface area contributed by atoms with Crippen molar-refractivity contribution >= 4 is 17.7 Å². The summed E-state index contributed by atoms with van der Waals surface area (Å²) in [5.74, 6) is 0.656. The predicted octanol–water partition coefficient (Wildman–Crippen LogP) is 3.13. The van der Waals surface area contributed by atoms with Gasteiger partial charge in [-0.1, -0.05) is 23.7 Å². The summed E-state index contributed by atoms with van der Waals surface area (Å²) >= 11 is 5.98. The van der Waals surface area contributed by atoms with E-state index >= 15 is 0 Å². The average molecular weight is 227 g/mol. The van der Waals surface area contributed by atoms with Crippen LogP contribution >= 0.6 is 11.6 Å². The average Bonchev–Trinajstić information content (AvgIpc) is 2.18. The summed E-state index contributed by atoms with van der Waals surface area (Å²) in [6, 6.07) is 5.52. The first-order chi connectivity index (χ1) is 7.04. The van der Waals surface area contributed by atoms with Gasteiger partial charge in [0.05, 0.1) is 18.2 Å². The zero-order valence-corrected chi connectivity index (χ0v) is 9.88. The number of ether oxygens (including phenoxy) is 1. The molecule has 1 rings (SSSR count). The summed E-state index contributed by atoms with van der Waals surface area (Å²) < 4.78 is 5.05. The zero-order chi connectivity index (χ0) is 11.4. The molecule has 0 bridgehead atoms. The highest BCUT2D eigenvalue weighted by Gasteiger charge is 2.02. The number of benzene rings is 1. The standard InChI is InChI=1S/C12H15ClO2/c1-8(9(2)14)6-10-4-5-12(15-3)11(13)7-10/h4-7,9,14H,1-3H3/b8-6-. The third-order valence-electron chi connectivity index (χ3n) is 2.23. The van der Waals surface area contributed by atoms with Gasteiger partial charge in [-0.25, -0.2) is 0 Å². The van der Waals surface area contributed by atoms with Crippen LogP contribution in [0, 0.1) is 0 Å². The fourth-order valence-corrected chi connectivity index (χ4v) is 1.42. The van der Waals surface area contributed by atoms with Gasteiger partial charge < -0.3 is 9.84 Å². The molecule has 2 nitrogen and oxygen atoms in total. The molecule has 0 aliphatic carbocycles. The Morgan fingerprint density at radius 2 is 2.20 bits per heavy atom. The normalized spacial score (nSPS) is 13.8. The summed E-state index contributed by atoms with van der Waals surface area (Å²) in [7, 11) is 1.58. The molecule has 0 amide bonds. The molecule has 0 aliphatic heterocycles. The van der Waals surface area contributed by atoms with Gasteiger partial charge in [-0.05, 0) is 37.1 Å². The number of hydrogen-bond donors (Lipinski definition) is 1. The lowest BCUT2D eigenvalue weighted by molar-refractivity contribution is 0.232. The van der Waals surface area contributed by atoms with E-state index in [0.29, 0.717) is 10.8 Å². The Labute approximate surface area is 95.1 Å². The van der Waals surface area contributed by atoms with Crippen molar-refractivity contribution in [1.29, 1.82) is 0 Å². The largest absolute Gasteiger partial charge is 0.495 e. The first-order valence-corrected chi connectivity index (χ1v) is 5.12. The number of hydrogen-bond acceptors (Lipinski definition) is 2. The first-order valence-electron chi connectivity index (χ1n) is 4.74. The molecular weight excluding hydrogens is 212 g/mol. The van der Waals surface area contributed by atoms with E-state index in [9.17, 15) is 5.11 Å². The highest BCUT2D eigenvalue weighted by atomic mass is 35.5. The van der Waals surface area contributed by atoms with E-state index in [1.165, 1.54) is 0 Å². The molecule has 0 spiro atoms. The van der Waals surface area contributed by atoms with Crippen molar-refractivity contribution in [3.8, 4) is 5.75 Å². The molecule has 0 fully saturated rings. The third-order valence-corrected chi connectivity index (χ3v) is 2.52. The minimum atomic E-state index is -0.439. The van der Waals surface area contributed by atoms with Crippen LogP contribution in [0.4, 0.5) is 0 Å². The summed E-state index contributed by atoms with van der Waals surface area (Å²) in [6.07, 6.45) is 1.46. The van der Waals surface area contributed by atoms with Crippen LogP contribution in [0.15, 0.2) is 23.8 Å². The minimum absolute atomic E-state index is 0.439. The van der Waals surface area contributed by atoms with Crippen molar-refractivity contribution in [2.45, 2.75) is 20.0 Å². The van der Waals surface area contributed by atoms with Gasteiger partial charge in [-0.2, -0.15) is 0 Å². The van der Waals surface area contributed by atoms with Gasteiger partial charge in [-0.3, -0.25) is 0 Å². The van der Waals surface area contributed by atoms with Crippen LogP contribution < -0.4 is 4.74 Å². The monoisotopic (exact) mass is 226 g/mol. The fourth-order valence-electron chi connectivity index (χ4n) is 1.16. The summed E-state index contributed by atoms with van der Waals surface area (Å²) in [5, 5.41) is 9.90. The Balaban J connectivity index is 2.98. The van der Waals surface area contributed by atoms with E-state index in [1.807, 2.05) is 31.2 Å². The van der Waals surface area contributed by atoms with Crippen molar-refractivity contribution in [3.05, 3.63) is 34.4 Å². The molecule has 1 N–H and O–H groups in total. The van der Waals surface area contributed by atoms with Crippen molar-refractivity contribution in [1.82, 2.24) is 0 Å². The van der Waals surface area contributed by atoms with Crippen molar-refractivity contribution in [3.63, 3.8) is 0 Å². The van der Waals surface area contributed by atoms with Gasteiger partial charge in [0.25, 0.3) is 0 Å². The molecule has 0 saturated carbocycles. The lowest BCUT2D eigenvalue weighted by Gasteiger charge is -2.06. The van der Waals surface area contributed by atoms with E-state index in [-0.39, 0.29) is 0 Å². The molecule has 0 saturated heterocycles. The molecule has 0 aliphatic rings. The molecule has 15 heavy (non-hydrogen) atoms. The quantitative estimate of drug-likeness (QED) is 0.858. The molecule has 1 unspecified atom stereocenters. The molecule has 1 atom stereocenters. The highest BCUT2D eigenvalue weighted by Crippen LogP contribution is 2.26. The lowest BCUT2D eigenvalue weighted by atomic mass is 10.1. The minimum Gasteiger partial charge on any atom is -0.495 e. The van der Waals surface area contributed by atoms with E-state index in [0.717, 1.165) is 11.1 Å². The van der Waals surface area contributed by atoms with E-state index in [1.54, 1.807) is 14.0 Å². The maximum atomic E-state index is 9.33. The molecule has 3 heteroatoms. The number of halogens is 1. The Kier molecular flexibility index (Phi) is 4.18. The van der Waals surface area contributed by atoms with E-state index in [4.69, 9.17) is 16.3 Å². The van der Waals surface area contributed by atoms with E-state index in [2.05, 4.69) is 0 Å². The van der Waals surface area contributed by atoms with Gasteiger partial charge in [0.2, 0.25) is 0 Å². The van der Waals surface area contributed by atoms with Crippen molar-refractivity contribution in [2.24, 2.45) is 0 Å². The number of aliphatic hydroxyl groups excluding tert-OH is 1. The zero-order valence-electron chi connectivity index (χ0n) is 9.12. The maximum Gasteiger partial charge on any atom is 0.137 e. The van der Waals surface area contributed by atoms with Gasteiger partial charge in [0, 0.05) is 0 Å². The van der Waals surface area contributed by atoms with Gasteiger partial charge in [-0.15, -0.1) is 0 Å². The second-order valence-electron chi connectivity index (χ2n) is 3.46. The molecular formula is C12H15ClO2. The van der Waals surface area contributed by atoms with Crippen LogP contribution in [0.5, 0.6) is 5.75 Å². The Morgan fingerprint density at radius 1 is 1.53 bits per heavy atom. The number of rotatable bonds is 3. The van der Waals surface area contributed by atoms with Gasteiger partial charge in [0.15, 0.2) is 0 Å². The van der Waals surface area contributed by atoms with Gasteiger partial charge >= 0.3 is 0 Å². The summed E-state index contributed by atoms with van der Waals surface area (Å²) in [5.41, 5.74) is 1.86. The lowest BCUT2D eigenvalue weighted by Crippen LogP contribution is -2.00. The highest BCUT2D eigenvalue weighted by molar-refractivity contribution is 6.32. The van der Waals surface area contributed by atoms with Crippen LogP contribution in [-0.2, 0) is 0 Å². The molecule has 0 aromatic heterocycles. The van der Waals surface area contributed by atoms with Crippen LogP contribution in [0.3, 0.4) is 0 Å². The Bertz CT molecular complexity index is 370. The second kappa shape index (κ2) is 5.19. The van der Waals surface area contributed by atoms with Crippen LogP contribution in [0.2, 0.25) is 5.02 Å². The first kappa shape index (κ1) is 12.1. The summed E-state index contributed by atoms with van der Waals surface area (Å²) in [4.78, 5) is 0. The topological polar surface area (TPSA) is 29.5 Å².